The molecule has 0 aliphatic carbocycles. The molecule has 0 aromatic carbocycles. The molecular formula is C29H40N2O18S. The first kappa shape index (κ1) is 41.5. The lowest BCUT2D eigenvalue weighted by Crippen LogP contribution is -2.69. The van der Waals surface area contributed by atoms with E-state index >= 15 is 0 Å². The van der Waals surface area contributed by atoms with Gasteiger partial charge in [0.05, 0.1) is 0 Å². The summed E-state index contributed by atoms with van der Waals surface area (Å²) in [5.74, 6) is -6.61. The van der Waals surface area contributed by atoms with Gasteiger partial charge in [0.25, 0.3) is 0 Å². The molecule has 0 aromatic heterocycles. The Hall–Kier alpha value is -4.63. The van der Waals surface area contributed by atoms with Gasteiger partial charge in [0.1, 0.15) is 25.4 Å². The van der Waals surface area contributed by atoms with Crippen LogP contribution in [0.15, 0.2) is 0 Å². The zero-order valence-electron chi connectivity index (χ0n) is 28.4. The van der Waals surface area contributed by atoms with E-state index < -0.39 is 122 Å². The number of ether oxygens (including phenoxy) is 10. The van der Waals surface area contributed by atoms with Crippen LogP contribution in [0.3, 0.4) is 0 Å². The van der Waals surface area contributed by atoms with Crippen molar-refractivity contribution in [2.75, 3.05) is 13.2 Å². The van der Waals surface area contributed by atoms with Crippen LogP contribution in [0.25, 0.3) is 0 Å². The predicted molar refractivity (Wildman–Crippen MR) is 163 cm³/mol. The first-order valence-electron chi connectivity index (χ1n) is 15.0. The van der Waals surface area contributed by atoms with Gasteiger partial charge in [-0.3, -0.25) is 38.4 Å². The summed E-state index contributed by atoms with van der Waals surface area (Å²) in [6.45, 7) is 7.48. The Kier molecular flexibility index (Phi) is 15.7. The van der Waals surface area contributed by atoms with Gasteiger partial charge in [-0.05, 0) is 12.2 Å². The minimum atomic E-state index is -1.55. The van der Waals surface area contributed by atoms with Crippen LogP contribution < -0.4 is 10.6 Å². The number of hydrogen-bond acceptors (Lipinski definition) is 19. The van der Waals surface area contributed by atoms with Crippen molar-refractivity contribution < 1.29 is 85.7 Å². The third kappa shape index (κ3) is 13.0. The van der Waals surface area contributed by atoms with Crippen LogP contribution >= 0.6 is 12.2 Å². The molecule has 2 aliphatic rings. The minimum absolute atomic E-state index is 0.369. The molecule has 2 aliphatic heterocycles. The molecular weight excluding hydrogens is 696 g/mol. The van der Waals surface area contributed by atoms with Crippen molar-refractivity contribution in [1.82, 2.24) is 10.6 Å². The lowest BCUT2D eigenvalue weighted by molar-refractivity contribution is -0.257. The lowest BCUT2D eigenvalue weighted by Gasteiger charge is -2.46. The molecule has 280 valence electrons. The fourth-order valence-corrected chi connectivity index (χ4v) is 5.22. The molecule has 50 heavy (non-hydrogen) atoms. The molecule has 20 nitrogen and oxygen atoms in total. The predicted octanol–water partition coefficient (Wildman–Crippen LogP) is -1.38. The van der Waals surface area contributed by atoms with Gasteiger partial charge in [-0.1, -0.05) is 0 Å². The van der Waals surface area contributed by atoms with Gasteiger partial charge in [0.15, 0.2) is 54.2 Å². The Bertz CT molecular complexity index is 1230. The molecule has 10 atom stereocenters. The van der Waals surface area contributed by atoms with Crippen molar-refractivity contribution in [1.29, 1.82) is 0 Å². The van der Waals surface area contributed by atoms with Crippen LogP contribution in [0.5, 0.6) is 0 Å². The second-order valence-electron chi connectivity index (χ2n) is 10.9. The third-order valence-electron chi connectivity index (χ3n) is 6.53. The summed E-state index contributed by atoms with van der Waals surface area (Å²) in [6, 6.07) is 0. The molecule has 0 radical (unpaired) electrons. The van der Waals surface area contributed by atoms with Crippen LogP contribution in [0.4, 0.5) is 0 Å². The average Bonchev–Trinajstić information content (AvgIpc) is 2.95. The summed E-state index contributed by atoms with van der Waals surface area (Å²) in [5, 5.41) is 5.04. The van der Waals surface area contributed by atoms with Crippen molar-refractivity contribution in [3.8, 4) is 0 Å². The van der Waals surface area contributed by atoms with E-state index in [4.69, 9.17) is 59.6 Å². The zero-order chi connectivity index (χ0) is 37.9. The van der Waals surface area contributed by atoms with Gasteiger partial charge in [-0.15, -0.1) is 0 Å². The Labute approximate surface area is 291 Å². The van der Waals surface area contributed by atoms with Gasteiger partial charge in [-0.2, -0.15) is 0 Å². The zero-order valence-corrected chi connectivity index (χ0v) is 29.3. The highest BCUT2D eigenvalue weighted by molar-refractivity contribution is 7.80. The maximum Gasteiger partial charge on any atom is 0.303 e. The highest BCUT2D eigenvalue weighted by Crippen LogP contribution is 2.30. The highest BCUT2D eigenvalue weighted by Gasteiger charge is 2.54. The number of thiocarbonyl (C=S) groups is 1. The SMILES string of the molecule is CC(=O)OC[C@H]1O[C@@H](NC(=S)N[C@@H]2O[C@H](COC(C)=O)[C@@H](OC(C)=O)[C@H](OC(C)=O)[C@H]2OC(C)=O)[C@H](OC(C)=O)[C@@H](OC(C)=O)[C@@H]1OC(C)=O. The van der Waals surface area contributed by atoms with Crippen molar-refractivity contribution in [2.24, 2.45) is 0 Å². The average molecular weight is 737 g/mol. The van der Waals surface area contributed by atoms with E-state index in [1.165, 1.54) is 0 Å². The van der Waals surface area contributed by atoms with E-state index in [0.717, 1.165) is 55.4 Å². The molecule has 0 amide bonds. The molecule has 2 heterocycles. The largest absolute Gasteiger partial charge is 0.463 e. The number of carbonyl (C=O) groups is 8. The molecule has 21 heteroatoms. The number of esters is 8. The summed E-state index contributed by atoms with van der Waals surface area (Å²) in [7, 11) is 0. The molecule has 2 N–H and O–H groups in total. The molecule has 2 fully saturated rings. The molecule has 0 saturated carbocycles. The highest BCUT2D eigenvalue weighted by atomic mass is 32.1. The summed E-state index contributed by atoms with van der Waals surface area (Å²) in [5.41, 5.74) is 0. The van der Waals surface area contributed by atoms with E-state index in [1.54, 1.807) is 0 Å². The minimum Gasteiger partial charge on any atom is -0.463 e. The number of rotatable bonds is 12. The second kappa shape index (κ2) is 18.9. The quantitative estimate of drug-likeness (QED) is 0.133. The van der Waals surface area contributed by atoms with Crippen LogP contribution in [-0.4, -0.2) is 127 Å². The first-order valence-corrected chi connectivity index (χ1v) is 15.4. The van der Waals surface area contributed by atoms with Crippen molar-refractivity contribution in [3.05, 3.63) is 0 Å². The molecule has 0 spiro atoms. The fraction of sp³-hybridized carbons (Fsp3) is 0.690. The molecule has 2 rings (SSSR count). The summed E-state index contributed by atoms with van der Waals surface area (Å²) < 4.78 is 54.4. The van der Waals surface area contributed by atoms with Gasteiger partial charge in [0.2, 0.25) is 0 Å². The smallest absolute Gasteiger partial charge is 0.303 e. The maximum absolute atomic E-state index is 12.2. The standard InChI is InChI=1S/C29H40N2O18S/c1-11(32)40-9-19-21(42-13(3)34)23(44-15(5)36)25(46-17(7)38)27(48-19)30-29(50)31-28-26(47-18(8)39)24(45-16(6)37)22(43-14(4)35)20(49-28)10-41-12(2)33/h19-28H,9-10H2,1-8H3,(H2,30,31,50)/t19-,20-,21-,22-,23+,24+,25-,26-,27-,28-/m1/s1. The van der Waals surface area contributed by atoms with Gasteiger partial charge < -0.3 is 58.0 Å². The summed E-state index contributed by atoms with van der Waals surface area (Å²) >= 11 is 5.47. The van der Waals surface area contributed by atoms with Gasteiger partial charge in [-0.25, -0.2) is 0 Å². The number of carbonyl (C=O) groups excluding carboxylic acids is 8. The number of nitrogens with one attached hydrogen (secondary N) is 2. The van der Waals surface area contributed by atoms with Gasteiger partial charge >= 0.3 is 47.8 Å². The van der Waals surface area contributed by atoms with E-state index in [-0.39, 0.29) is 5.11 Å². The van der Waals surface area contributed by atoms with Crippen LogP contribution in [0.1, 0.15) is 55.4 Å². The Morgan fingerprint density at radius 2 is 0.700 bits per heavy atom. The van der Waals surface area contributed by atoms with Crippen molar-refractivity contribution in [2.45, 2.75) is 117 Å². The van der Waals surface area contributed by atoms with E-state index in [1.807, 2.05) is 0 Å². The topological polar surface area (TPSA) is 253 Å². The maximum atomic E-state index is 12.2. The third-order valence-corrected chi connectivity index (χ3v) is 6.76. The van der Waals surface area contributed by atoms with E-state index in [2.05, 4.69) is 10.6 Å². The van der Waals surface area contributed by atoms with Crippen LogP contribution in [0, 0.1) is 0 Å². The van der Waals surface area contributed by atoms with Crippen LogP contribution in [0.2, 0.25) is 0 Å². The summed E-state index contributed by atoms with van der Waals surface area (Å²) in [6.07, 6.45) is -14.7. The monoisotopic (exact) mass is 736 g/mol. The molecule has 2 saturated heterocycles. The van der Waals surface area contributed by atoms with E-state index in [0.29, 0.717) is 0 Å². The summed E-state index contributed by atoms with van der Waals surface area (Å²) in [4.78, 5) is 96.0. The molecule has 0 unspecified atom stereocenters. The van der Waals surface area contributed by atoms with Gasteiger partial charge in [0, 0.05) is 55.4 Å². The fourth-order valence-electron chi connectivity index (χ4n) is 4.99. The van der Waals surface area contributed by atoms with Crippen LogP contribution in [-0.2, 0) is 85.7 Å². The lowest BCUT2D eigenvalue weighted by atomic mass is 9.97. The second-order valence-corrected chi connectivity index (χ2v) is 11.3. The normalized spacial score (nSPS) is 28.7. The Morgan fingerprint density at radius 1 is 0.440 bits per heavy atom. The number of hydrogen-bond donors (Lipinski definition) is 2. The Morgan fingerprint density at radius 3 is 0.960 bits per heavy atom. The molecule has 0 aromatic rings. The van der Waals surface area contributed by atoms with E-state index in [9.17, 15) is 38.4 Å². The molecule has 0 bridgehead atoms. The van der Waals surface area contributed by atoms with Crippen molar-refractivity contribution >= 4 is 65.1 Å². The Balaban J connectivity index is 2.53. The first-order chi connectivity index (χ1) is 23.3. The van der Waals surface area contributed by atoms with Crippen molar-refractivity contribution in [3.63, 3.8) is 0 Å².